The molecule has 9 heteroatoms. The molecule has 1 heterocycles. The first-order valence-electron chi connectivity index (χ1n) is 5.08. The van der Waals surface area contributed by atoms with Crippen LogP contribution in [0.1, 0.15) is 12.8 Å². The van der Waals surface area contributed by atoms with E-state index in [4.69, 9.17) is 5.14 Å². The van der Waals surface area contributed by atoms with Crippen LogP contribution in [-0.2, 0) is 20.2 Å². The molecule has 2 rings (SSSR count). The van der Waals surface area contributed by atoms with Gasteiger partial charge in [0.15, 0.2) is 0 Å². The predicted octanol–water partition coefficient (Wildman–Crippen LogP) is -1.70. The Balaban J connectivity index is 2.00. The van der Waals surface area contributed by atoms with Crippen molar-refractivity contribution < 1.29 is 16.8 Å². The van der Waals surface area contributed by atoms with E-state index < -0.39 is 20.2 Å². The molecule has 2 N–H and O–H groups in total. The largest absolute Gasteiger partial charge is 0.276 e. The molecule has 0 aromatic heterocycles. The lowest BCUT2D eigenvalue weighted by molar-refractivity contribution is 0.272. The molecule has 0 radical (unpaired) electrons. The molecular weight excluding hydrogens is 254 g/mol. The van der Waals surface area contributed by atoms with Gasteiger partial charge in [-0.05, 0) is 12.8 Å². The van der Waals surface area contributed by atoms with Gasteiger partial charge < -0.3 is 0 Å². The Morgan fingerprint density at radius 2 is 1.31 bits per heavy atom. The highest BCUT2D eigenvalue weighted by Crippen LogP contribution is 2.31. The fourth-order valence-electron chi connectivity index (χ4n) is 1.76. The molecule has 2 aliphatic rings. The highest BCUT2D eigenvalue weighted by Gasteiger charge is 2.41. The van der Waals surface area contributed by atoms with Crippen molar-refractivity contribution in [3.63, 3.8) is 0 Å². The summed E-state index contributed by atoms with van der Waals surface area (Å²) in [6, 6.07) is 0. The summed E-state index contributed by atoms with van der Waals surface area (Å²) in [5.41, 5.74) is 0. The number of rotatable bonds is 3. The zero-order chi connectivity index (χ0) is 12.0. The van der Waals surface area contributed by atoms with E-state index >= 15 is 0 Å². The molecule has 0 spiro atoms. The molecule has 0 bridgehead atoms. The monoisotopic (exact) mass is 269 g/mol. The van der Waals surface area contributed by atoms with Crippen LogP contribution in [0.4, 0.5) is 0 Å². The van der Waals surface area contributed by atoms with Gasteiger partial charge in [-0.3, -0.25) is 0 Å². The SMILES string of the molecule is NS(=O)(=O)N1CCN(S(=O)(=O)C2CC2)CC1. The third-order valence-electron chi connectivity index (χ3n) is 2.86. The molecule has 1 aliphatic carbocycles. The number of nitrogens with two attached hydrogens (primary N) is 1. The summed E-state index contributed by atoms with van der Waals surface area (Å²) in [5, 5.41) is 4.72. The van der Waals surface area contributed by atoms with Gasteiger partial charge >= 0.3 is 0 Å². The van der Waals surface area contributed by atoms with Crippen molar-refractivity contribution in [2.45, 2.75) is 18.1 Å². The summed E-state index contributed by atoms with van der Waals surface area (Å²) in [6.07, 6.45) is 1.44. The van der Waals surface area contributed by atoms with E-state index in [9.17, 15) is 16.8 Å². The summed E-state index contributed by atoms with van der Waals surface area (Å²) in [5.74, 6) is 0. The highest BCUT2D eigenvalue weighted by molar-refractivity contribution is 7.90. The predicted molar refractivity (Wildman–Crippen MR) is 58.2 cm³/mol. The van der Waals surface area contributed by atoms with Crippen molar-refractivity contribution in [3.8, 4) is 0 Å². The lowest BCUT2D eigenvalue weighted by Gasteiger charge is -2.32. The smallest absolute Gasteiger partial charge is 0.216 e. The van der Waals surface area contributed by atoms with Crippen LogP contribution in [0.15, 0.2) is 0 Å². The topological polar surface area (TPSA) is 101 Å². The number of hydrogen-bond donors (Lipinski definition) is 1. The molecule has 0 aromatic rings. The van der Waals surface area contributed by atoms with Crippen molar-refractivity contribution >= 4 is 20.2 Å². The normalized spacial score (nSPS) is 25.8. The maximum atomic E-state index is 11.8. The summed E-state index contributed by atoms with van der Waals surface area (Å²) in [4.78, 5) is 0. The molecule has 94 valence electrons. The third kappa shape index (κ3) is 2.38. The Kier molecular flexibility index (Phi) is 2.99. The Hall–Kier alpha value is -0.220. The van der Waals surface area contributed by atoms with Crippen LogP contribution in [-0.4, -0.2) is 56.9 Å². The van der Waals surface area contributed by atoms with Crippen LogP contribution in [0.2, 0.25) is 0 Å². The quantitative estimate of drug-likeness (QED) is 0.660. The van der Waals surface area contributed by atoms with E-state index in [1.54, 1.807) is 0 Å². The van der Waals surface area contributed by atoms with Crippen LogP contribution in [0, 0.1) is 0 Å². The zero-order valence-corrected chi connectivity index (χ0v) is 10.4. The van der Waals surface area contributed by atoms with E-state index in [1.165, 1.54) is 4.31 Å². The average molecular weight is 269 g/mol. The van der Waals surface area contributed by atoms with E-state index in [-0.39, 0.29) is 31.4 Å². The highest BCUT2D eigenvalue weighted by atomic mass is 32.2. The Labute approximate surface area is 95.4 Å². The second kappa shape index (κ2) is 3.91. The van der Waals surface area contributed by atoms with Crippen LogP contribution in [0.5, 0.6) is 0 Å². The molecule has 0 atom stereocenters. The minimum Gasteiger partial charge on any atom is -0.216 e. The Bertz CT molecular complexity index is 460. The Morgan fingerprint density at radius 3 is 1.69 bits per heavy atom. The molecular formula is C7H15N3O4S2. The van der Waals surface area contributed by atoms with Crippen molar-refractivity contribution in [2.24, 2.45) is 5.14 Å². The van der Waals surface area contributed by atoms with Gasteiger partial charge in [0.25, 0.3) is 10.2 Å². The molecule has 2 fully saturated rings. The summed E-state index contributed by atoms with van der Waals surface area (Å²) in [6.45, 7) is 0.695. The summed E-state index contributed by atoms with van der Waals surface area (Å²) >= 11 is 0. The van der Waals surface area contributed by atoms with E-state index in [0.717, 1.165) is 17.1 Å². The van der Waals surface area contributed by atoms with Gasteiger partial charge in [-0.1, -0.05) is 0 Å². The van der Waals surface area contributed by atoms with Crippen molar-refractivity contribution in [2.75, 3.05) is 26.2 Å². The van der Waals surface area contributed by atoms with Gasteiger partial charge in [-0.25, -0.2) is 13.6 Å². The van der Waals surface area contributed by atoms with Crippen molar-refractivity contribution in [1.29, 1.82) is 0 Å². The van der Waals surface area contributed by atoms with Crippen molar-refractivity contribution in [3.05, 3.63) is 0 Å². The first-order valence-corrected chi connectivity index (χ1v) is 8.09. The van der Waals surface area contributed by atoms with Crippen LogP contribution >= 0.6 is 0 Å². The second-order valence-electron chi connectivity index (χ2n) is 4.09. The fourth-order valence-corrected chi connectivity index (χ4v) is 4.25. The summed E-state index contributed by atoms with van der Waals surface area (Å²) < 4.78 is 48.2. The van der Waals surface area contributed by atoms with E-state index in [1.807, 2.05) is 0 Å². The number of nitrogens with zero attached hydrogens (tertiary/aromatic N) is 2. The molecule has 1 aliphatic heterocycles. The zero-order valence-electron chi connectivity index (χ0n) is 8.74. The molecule has 1 saturated carbocycles. The molecule has 16 heavy (non-hydrogen) atoms. The first-order chi connectivity index (χ1) is 7.32. The van der Waals surface area contributed by atoms with Crippen LogP contribution in [0.3, 0.4) is 0 Å². The van der Waals surface area contributed by atoms with Gasteiger partial charge in [0, 0.05) is 26.2 Å². The molecule has 7 nitrogen and oxygen atoms in total. The minimum atomic E-state index is -3.69. The fraction of sp³-hybridized carbons (Fsp3) is 1.00. The number of piperazine rings is 1. The average Bonchev–Trinajstić information content (AvgIpc) is 3.00. The van der Waals surface area contributed by atoms with Crippen LogP contribution < -0.4 is 5.14 Å². The first kappa shape index (κ1) is 12.2. The lowest BCUT2D eigenvalue weighted by Crippen LogP contribution is -2.52. The summed E-state index contributed by atoms with van der Waals surface area (Å²) in [7, 11) is -6.87. The third-order valence-corrected chi connectivity index (χ3v) is 6.35. The molecule has 0 aromatic carbocycles. The van der Waals surface area contributed by atoms with E-state index in [2.05, 4.69) is 0 Å². The number of sulfonamides is 1. The maximum absolute atomic E-state index is 11.8. The van der Waals surface area contributed by atoms with Crippen LogP contribution in [0.25, 0.3) is 0 Å². The standard InChI is InChI=1S/C7H15N3O4S2/c8-16(13,14)10-5-3-9(4-6-10)15(11,12)7-1-2-7/h7H,1-6H2,(H2,8,13,14). The Morgan fingerprint density at radius 1 is 0.875 bits per heavy atom. The molecule has 0 unspecified atom stereocenters. The molecule has 0 amide bonds. The van der Waals surface area contributed by atoms with Crippen molar-refractivity contribution in [1.82, 2.24) is 8.61 Å². The second-order valence-corrected chi connectivity index (χ2v) is 7.85. The lowest BCUT2D eigenvalue weighted by atomic mass is 10.4. The maximum Gasteiger partial charge on any atom is 0.276 e. The minimum absolute atomic E-state index is 0.144. The van der Waals surface area contributed by atoms with E-state index in [0.29, 0.717) is 0 Å². The number of hydrogen-bond acceptors (Lipinski definition) is 4. The van der Waals surface area contributed by atoms with Gasteiger partial charge in [-0.15, -0.1) is 0 Å². The van der Waals surface area contributed by atoms with Gasteiger partial charge in [-0.2, -0.15) is 17.0 Å². The van der Waals surface area contributed by atoms with Gasteiger partial charge in [0.2, 0.25) is 10.0 Å². The van der Waals surface area contributed by atoms with Gasteiger partial charge in [0.1, 0.15) is 0 Å². The van der Waals surface area contributed by atoms with Gasteiger partial charge in [0.05, 0.1) is 5.25 Å². The molecule has 1 saturated heterocycles.